The van der Waals surface area contributed by atoms with Crippen LogP contribution in [0.4, 0.5) is 0 Å². The van der Waals surface area contributed by atoms with Gasteiger partial charge >= 0.3 is 0 Å². The van der Waals surface area contributed by atoms with Crippen molar-refractivity contribution in [3.8, 4) is 0 Å². The lowest BCUT2D eigenvalue weighted by molar-refractivity contribution is 0.0952. The lowest BCUT2D eigenvalue weighted by Gasteiger charge is -2.09. The molecular formula is C15H21N3O. The molecule has 0 aliphatic carbocycles. The molecule has 0 saturated heterocycles. The van der Waals surface area contributed by atoms with E-state index in [4.69, 9.17) is 0 Å². The molecule has 1 amide bonds. The number of aromatic nitrogens is 1. The third kappa shape index (κ3) is 3.58. The van der Waals surface area contributed by atoms with Gasteiger partial charge in [0.2, 0.25) is 0 Å². The minimum atomic E-state index is -0.000454. The van der Waals surface area contributed by atoms with Gasteiger partial charge in [0.15, 0.2) is 0 Å². The van der Waals surface area contributed by atoms with Gasteiger partial charge in [0.05, 0.1) is 0 Å². The second kappa shape index (κ2) is 5.89. The Morgan fingerprint density at radius 3 is 2.84 bits per heavy atom. The number of nitrogens with one attached hydrogen (secondary N) is 2. The molecule has 0 unspecified atom stereocenters. The molecule has 0 spiro atoms. The number of rotatable bonds is 5. The Hall–Kier alpha value is -1.81. The summed E-state index contributed by atoms with van der Waals surface area (Å²) in [5.74, 6) is -0.000454. The topological polar surface area (TPSA) is 48.1 Å². The SMILES string of the molecule is Cc1cc2cc(C(=O)NCCCN(C)C)ccc2[nH]1. The summed E-state index contributed by atoms with van der Waals surface area (Å²) in [6.45, 7) is 3.71. The van der Waals surface area contributed by atoms with Crippen LogP contribution in [0, 0.1) is 6.92 Å². The Balaban J connectivity index is 1.97. The number of benzene rings is 1. The van der Waals surface area contributed by atoms with Gasteiger partial charge in [0, 0.05) is 28.7 Å². The second-order valence-corrected chi connectivity index (χ2v) is 5.17. The van der Waals surface area contributed by atoms with Gasteiger partial charge in [-0.25, -0.2) is 0 Å². The highest BCUT2D eigenvalue weighted by atomic mass is 16.1. The molecular weight excluding hydrogens is 238 g/mol. The van der Waals surface area contributed by atoms with E-state index >= 15 is 0 Å². The van der Waals surface area contributed by atoms with Gasteiger partial charge in [-0.05, 0) is 58.3 Å². The number of hydrogen-bond acceptors (Lipinski definition) is 2. The van der Waals surface area contributed by atoms with Crippen LogP contribution in [0.1, 0.15) is 22.5 Å². The fraction of sp³-hybridized carbons (Fsp3) is 0.400. The van der Waals surface area contributed by atoms with E-state index in [1.807, 2.05) is 39.2 Å². The number of nitrogens with zero attached hydrogens (tertiary/aromatic N) is 1. The molecule has 0 aliphatic heterocycles. The zero-order valence-electron chi connectivity index (χ0n) is 11.8. The van der Waals surface area contributed by atoms with Gasteiger partial charge in [-0.15, -0.1) is 0 Å². The lowest BCUT2D eigenvalue weighted by Crippen LogP contribution is -2.27. The number of fused-ring (bicyclic) bond motifs is 1. The monoisotopic (exact) mass is 259 g/mol. The number of amides is 1. The van der Waals surface area contributed by atoms with Crippen molar-refractivity contribution in [2.75, 3.05) is 27.2 Å². The third-order valence-electron chi connectivity index (χ3n) is 3.09. The molecule has 2 N–H and O–H groups in total. The summed E-state index contributed by atoms with van der Waals surface area (Å²) in [4.78, 5) is 17.4. The van der Waals surface area contributed by atoms with E-state index in [0.717, 1.165) is 35.1 Å². The highest BCUT2D eigenvalue weighted by Gasteiger charge is 2.06. The smallest absolute Gasteiger partial charge is 0.251 e. The average molecular weight is 259 g/mol. The van der Waals surface area contributed by atoms with Gasteiger partial charge in [-0.2, -0.15) is 0 Å². The maximum absolute atomic E-state index is 12.0. The van der Waals surface area contributed by atoms with Gasteiger partial charge in [-0.3, -0.25) is 4.79 Å². The van der Waals surface area contributed by atoms with Gasteiger partial charge in [0.1, 0.15) is 0 Å². The molecule has 0 bridgehead atoms. The summed E-state index contributed by atoms with van der Waals surface area (Å²) in [5.41, 5.74) is 2.90. The molecule has 19 heavy (non-hydrogen) atoms. The fourth-order valence-corrected chi connectivity index (χ4v) is 2.12. The first kappa shape index (κ1) is 13.6. The summed E-state index contributed by atoms with van der Waals surface area (Å²) in [5, 5.41) is 4.03. The van der Waals surface area contributed by atoms with Crippen LogP contribution < -0.4 is 5.32 Å². The number of aryl methyl sites for hydroxylation is 1. The van der Waals surface area contributed by atoms with Crippen LogP contribution >= 0.6 is 0 Å². The normalized spacial score (nSPS) is 11.2. The first-order valence-corrected chi connectivity index (χ1v) is 6.58. The first-order valence-electron chi connectivity index (χ1n) is 6.58. The molecule has 4 nitrogen and oxygen atoms in total. The minimum absolute atomic E-state index is 0.000454. The minimum Gasteiger partial charge on any atom is -0.359 e. The van der Waals surface area contributed by atoms with E-state index in [-0.39, 0.29) is 5.91 Å². The highest BCUT2D eigenvalue weighted by Crippen LogP contribution is 2.16. The Bertz CT molecular complexity index is 572. The molecule has 102 valence electrons. The highest BCUT2D eigenvalue weighted by molar-refractivity contribution is 5.98. The van der Waals surface area contributed by atoms with Crippen molar-refractivity contribution in [1.82, 2.24) is 15.2 Å². The van der Waals surface area contributed by atoms with Crippen molar-refractivity contribution in [3.05, 3.63) is 35.5 Å². The van der Waals surface area contributed by atoms with Crippen molar-refractivity contribution in [1.29, 1.82) is 0 Å². The van der Waals surface area contributed by atoms with Crippen LogP contribution in [-0.4, -0.2) is 43.0 Å². The van der Waals surface area contributed by atoms with Crippen LogP contribution in [0.3, 0.4) is 0 Å². The van der Waals surface area contributed by atoms with Gasteiger partial charge < -0.3 is 15.2 Å². The van der Waals surface area contributed by atoms with E-state index < -0.39 is 0 Å². The van der Waals surface area contributed by atoms with E-state index in [9.17, 15) is 4.79 Å². The molecule has 0 aliphatic rings. The molecule has 2 aromatic rings. The Labute approximate surface area is 113 Å². The van der Waals surface area contributed by atoms with Crippen LogP contribution in [0.25, 0.3) is 10.9 Å². The maximum Gasteiger partial charge on any atom is 0.251 e. The van der Waals surface area contributed by atoms with Crippen LogP contribution in [-0.2, 0) is 0 Å². The number of H-pyrrole nitrogens is 1. The Morgan fingerprint density at radius 1 is 1.32 bits per heavy atom. The third-order valence-corrected chi connectivity index (χ3v) is 3.09. The quantitative estimate of drug-likeness (QED) is 0.808. The van der Waals surface area contributed by atoms with Crippen molar-refractivity contribution in [3.63, 3.8) is 0 Å². The van der Waals surface area contributed by atoms with Crippen molar-refractivity contribution < 1.29 is 4.79 Å². The number of carbonyl (C=O) groups excluding carboxylic acids is 1. The first-order chi connectivity index (χ1) is 9.06. The van der Waals surface area contributed by atoms with Crippen molar-refractivity contribution in [2.24, 2.45) is 0 Å². The van der Waals surface area contributed by atoms with Crippen LogP contribution in [0.2, 0.25) is 0 Å². The Morgan fingerprint density at radius 2 is 2.11 bits per heavy atom. The molecule has 1 heterocycles. The average Bonchev–Trinajstić information content (AvgIpc) is 2.73. The predicted molar refractivity (Wildman–Crippen MR) is 78.5 cm³/mol. The van der Waals surface area contributed by atoms with Crippen molar-refractivity contribution in [2.45, 2.75) is 13.3 Å². The summed E-state index contributed by atoms with van der Waals surface area (Å²) in [6.07, 6.45) is 0.963. The molecule has 0 fully saturated rings. The number of carbonyl (C=O) groups is 1. The molecule has 0 atom stereocenters. The summed E-state index contributed by atoms with van der Waals surface area (Å²) in [7, 11) is 4.06. The number of aromatic amines is 1. The zero-order chi connectivity index (χ0) is 13.8. The zero-order valence-corrected chi connectivity index (χ0v) is 11.8. The fourth-order valence-electron chi connectivity index (χ4n) is 2.12. The van der Waals surface area contributed by atoms with Crippen LogP contribution in [0.5, 0.6) is 0 Å². The second-order valence-electron chi connectivity index (χ2n) is 5.17. The molecule has 0 saturated carbocycles. The lowest BCUT2D eigenvalue weighted by atomic mass is 10.1. The van der Waals surface area contributed by atoms with E-state index in [2.05, 4.69) is 21.3 Å². The molecule has 2 rings (SSSR count). The van der Waals surface area contributed by atoms with E-state index in [1.54, 1.807) is 0 Å². The summed E-state index contributed by atoms with van der Waals surface area (Å²) >= 11 is 0. The summed E-state index contributed by atoms with van der Waals surface area (Å²) in [6, 6.07) is 7.80. The predicted octanol–water partition coefficient (Wildman–Crippen LogP) is 2.16. The van der Waals surface area contributed by atoms with Gasteiger partial charge in [-0.1, -0.05) is 0 Å². The molecule has 4 heteroatoms. The molecule has 0 radical (unpaired) electrons. The molecule has 1 aromatic heterocycles. The number of hydrogen-bond donors (Lipinski definition) is 2. The van der Waals surface area contributed by atoms with Gasteiger partial charge in [0.25, 0.3) is 5.91 Å². The standard InChI is InChI=1S/C15H21N3O/c1-11-9-13-10-12(5-6-14(13)17-11)15(19)16-7-4-8-18(2)3/h5-6,9-10,17H,4,7-8H2,1-3H3,(H,16,19). The van der Waals surface area contributed by atoms with E-state index in [0.29, 0.717) is 6.54 Å². The van der Waals surface area contributed by atoms with Crippen molar-refractivity contribution >= 4 is 16.8 Å². The maximum atomic E-state index is 12.0. The Kier molecular flexibility index (Phi) is 4.22. The van der Waals surface area contributed by atoms with Crippen LogP contribution in [0.15, 0.2) is 24.3 Å². The van der Waals surface area contributed by atoms with E-state index in [1.165, 1.54) is 0 Å². The molecule has 1 aromatic carbocycles. The summed E-state index contributed by atoms with van der Waals surface area (Å²) < 4.78 is 0. The largest absolute Gasteiger partial charge is 0.359 e.